The van der Waals surface area contributed by atoms with Crippen LogP contribution in [0.4, 0.5) is 5.69 Å². The molecule has 0 saturated carbocycles. The highest BCUT2D eigenvalue weighted by Crippen LogP contribution is 2.41. The van der Waals surface area contributed by atoms with Gasteiger partial charge < -0.3 is 14.8 Å². The monoisotopic (exact) mass is 444 g/mol. The van der Waals surface area contributed by atoms with Gasteiger partial charge in [0.1, 0.15) is 17.1 Å². The molecule has 8 heteroatoms. The average molecular weight is 445 g/mol. The van der Waals surface area contributed by atoms with Gasteiger partial charge in [0.2, 0.25) is 10.0 Å². The summed E-state index contributed by atoms with van der Waals surface area (Å²) in [5.74, 6) is 1.29. The molecule has 0 spiro atoms. The number of hydrogen-bond acceptors (Lipinski definition) is 5. The predicted molar refractivity (Wildman–Crippen MR) is 119 cm³/mol. The van der Waals surface area contributed by atoms with E-state index in [1.807, 2.05) is 32.0 Å². The van der Waals surface area contributed by atoms with Gasteiger partial charge in [-0.3, -0.25) is 9.10 Å². The smallest absolute Gasteiger partial charge is 0.251 e. The Balaban J connectivity index is 1.60. The van der Waals surface area contributed by atoms with Gasteiger partial charge in [-0.2, -0.15) is 0 Å². The van der Waals surface area contributed by atoms with Gasteiger partial charge in [0, 0.05) is 24.1 Å². The van der Waals surface area contributed by atoms with E-state index in [1.165, 1.54) is 4.31 Å². The Morgan fingerprint density at radius 1 is 1.19 bits per heavy atom. The summed E-state index contributed by atoms with van der Waals surface area (Å²) in [5, 5.41) is 3.11. The van der Waals surface area contributed by atoms with Crippen molar-refractivity contribution in [2.24, 2.45) is 0 Å². The summed E-state index contributed by atoms with van der Waals surface area (Å²) >= 11 is 0. The highest BCUT2D eigenvalue weighted by Gasteiger charge is 2.35. The number of carbonyl (C=O) groups is 1. The van der Waals surface area contributed by atoms with Crippen LogP contribution in [0.25, 0.3) is 0 Å². The number of methoxy groups -OCH3 is 1. The third kappa shape index (κ3) is 4.49. The number of carbonyl (C=O) groups excluding carboxylic acids is 1. The van der Waals surface area contributed by atoms with Crippen LogP contribution in [-0.2, 0) is 10.0 Å². The van der Waals surface area contributed by atoms with Gasteiger partial charge in [-0.1, -0.05) is 6.07 Å². The predicted octanol–water partition coefficient (Wildman–Crippen LogP) is 3.66. The van der Waals surface area contributed by atoms with E-state index >= 15 is 0 Å². The van der Waals surface area contributed by atoms with Crippen LogP contribution in [0.1, 0.15) is 55.1 Å². The zero-order chi connectivity index (χ0) is 22.2. The van der Waals surface area contributed by atoms with E-state index in [9.17, 15) is 13.2 Å². The van der Waals surface area contributed by atoms with E-state index in [-0.39, 0.29) is 17.7 Å². The molecule has 2 aliphatic heterocycles. The molecule has 1 amide bonds. The molecule has 2 aromatic rings. The molecular weight excluding hydrogens is 416 g/mol. The normalized spacial score (nSPS) is 21.5. The molecule has 0 unspecified atom stereocenters. The number of rotatable bonds is 4. The minimum atomic E-state index is -3.34. The fourth-order valence-corrected chi connectivity index (χ4v) is 5.84. The molecule has 0 radical (unpaired) electrons. The first-order valence-electron chi connectivity index (χ1n) is 10.5. The van der Waals surface area contributed by atoms with Crippen LogP contribution >= 0.6 is 0 Å². The van der Waals surface area contributed by atoms with Gasteiger partial charge in [-0.05, 0) is 63.1 Å². The largest absolute Gasteiger partial charge is 0.497 e. The highest BCUT2D eigenvalue weighted by atomic mass is 32.2. The maximum Gasteiger partial charge on any atom is 0.251 e. The summed E-state index contributed by atoms with van der Waals surface area (Å²) in [4.78, 5) is 13.1. The van der Waals surface area contributed by atoms with Gasteiger partial charge in [-0.25, -0.2) is 8.42 Å². The van der Waals surface area contributed by atoms with E-state index in [0.717, 1.165) is 17.7 Å². The summed E-state index contributed by atoms with van der Waals surface area (Å²) < 4.78 is 37.7. The number of nitrogens with zero attached hydrogens (tertiary/aromatic N) is 1. The Morgan fingerprint density at radius 3 is 2.74 bits per heavy atom. The van der Waals surface area contributed by atoms with Crippen LogP contribution in [0.2, 0.25) is 0 Å². The number of nitrogens with one attached hydrogen (secondary N) is 1. The summed E-state index contributed by atoms with van der Waals surface area (Å²) in [5.41, 5.74) is 1.37. The molecule has 2 aromatic carbocycles. The van der Waals surface area contributed by atoms with Gasteiger partial charge in [-0.15, -0.1) is 0 Å². The Labute approximate surface area is 183 Å². The quantitative estimate of drug-likeness (QED) is 0.778. The Kier molecular flexibility index (Phi) is 5.60. The maximum atomic E-state index is 13.1. The van der Waals surface area contributed by atoms with E-state index in [4.69, 9.17) is 9.47 Å². The summed E-state index contributed by atoms with van der Waals surface area (Å²) in [6.07, 6.45) is 2.08. The Hall–Kier alpha value is -2.74. The number of anilines is 1. The van der Waals surface area contributed by atoms with Crippen molar-refractivity contribution >= 4 is 21.6 Å². The maximum absolute atomic E-state index is 13.1. The van der Waals surface area contributed by atoms with Crippen molar-refractivity contribution in [2.75, 3.05) is 23.7 Å². The number of ether oxygens (including phenoxy) is 2. The fourth-order valence-electron chi connectivity index (χ4n) is 4.21. The van der Waals surface area contributed by atoms with Gasteiger partial charge in [0.25, 0.3) is 5.91 Å². The standard InChI is InChI=1S/C23H28N2O5S/c1-23(2)15-20(19-14-18(29-3)9-10-21(19)30-23)24-22(26)16-7-6-8-17(13-16)25-11-4-5-12-31(25,27)28/h6-10,13-14,20H,4-5,11-12,15H2,1-3H3,(H,24,26)/t20-/m1/s1. The number of benzene rings is 2. The molecule has 0 bridgehead atoms. The van der Waals surface area contributed by atoms with Crippen molar-refractivity contribution < 1.29 is 22.7 Å². The second-order valence-electron chi connectivity index (χ2n) is 8.64. The fraction of sp³-hybridized carbons (Fsp3) is 0.435. The van der Waals surface area contributed by atoms with Gasteiger partial charge >= 0.3 is 0 Å². The lowest BCUT2D eigenvalue weighted by Gasteiger charge is -2.38. The third-order valence-electron chi connectivity index (χ3n) is 5.73. The molecule has 1 fully saturated rings. The van der Waals surface area contributed by atoms with Crippen molar-refractivity contribution in [1.82, 2.24) is 5.32 Å². The molecule has 31 heavy (non-hydrogen) atoms. The van der Waals surface area contributed by atoms with E-state index in [1.54, 1.807) is 31.4 Å². The van der Waals surface area contributed by atoms with Gasteiger partial charge in [0.05, 0.1) is 24.6 Å². The lowest BCUT2D eigenvalue weighted by molar-refractivity contribution is 0.0618. The van der Waals surface area contributed by atoms with Gasteiger partial charge in [0.15, 0.2) is 0 Å². The summed E-state index contributed by atoms with van der Waals surface area (Å²) in [6.45, 7) is 4.41. The topological polar surface area (TPSA) is 84.9 Å². The minimum Gasteiger partial charge on any atom is -0.497 e. The van der Waals surface area contributed by atoms with Crippen molar-refractivity contribution in [3.63, 3.8) is 0 Å². The molecule has 0 aromatic heterocycles. The van der Waals surface area contributed by atoms with Crippen molar-refractivity contribution in [3.8, 4) is 11.5 Å². The van der Waals surface area contributed by atoms with E-state index < -0.39 is 15.6 Å². The average Bonchev–Trinajstić information content (AvgIpc) is 2.72. The minimum absolute atomic E-state index is 0.138. The third-order valence-corrected chi connectivity index (χ3v) is 7.59. The number of amides is 1. The first kappa shape index (κ1) is 21.5. The number of fused-ring (bicyclic) bond motifs is 1. The Morgan fingerprint density at radius 2 is 2.00 bits per heavy atom. The van der Waals surface area contributed by atoms with E-state index in [2.05, 4.69) is 5.32 Å². The van der Waals surface area contributed by atoms with Crippen molar-refractivity contribution in [1.29, 1.82) is 0 Å². The van der Waals surface area contributed by atoms with Crippen LogP contribution in [0.3, 0.4) is 0 Å². The highest BCUT2D eigenvalue weighted by molar-refractivity contribution is 7.92. The SMILES string of the molecule is COc1ccc2c(c1)[C@H](NC(=O)c1cccc(N3CCCCS3(=O)=O)c1)CC(C)(C)O2. The zero-order valence-electron chi connectivity index (χ0n) is 18.1. The molecule has 1 saturated heterocycles. The van der Waals surface area contributed by atoms with Crippen LogP contribution in [0.15, 0.2) is 42.5 Å². The van der Waals surface area contributed by atoms with Crippen LogP contribution in [0, 0.1) is 0 Å². The van der Waals surface area contributed by atoms with Crippen molar-refractivity contribution in [2.45, 2.75) is 44.8 Å². The van der Waals surface area contributed by atoms with Crippen LogP contribution in [0.5, 0.6) is 11.5 Å². The molecular formula is C23H28N2O5S. The Bertz CT molecular complexity index is 1100. The number of hydrogen-bond donors (Lipinski definition) is 1. The molecule has 1 N–H and O–H groups in total. The second kappa shape index (κ2) is 8.07. The lowest BCUT2D eigenvalue weighted by atomic mass is 9.89. The molecule has 0 aliphatic carbocycles. The molecule has 2 aliphatic rings. The molecule has 2 heterocycles. The molecule has 7 nitrogen and oxygen atoms in total. The molecule has 166 valence electrons. The first-order chi connectivity index (χ1) is 14.7. The van der Waals surface area contributed by atoms with E-state index in [0.29, 0.717) is 36.4 Å². The first-order valence-corrected chi connectivity index (χ1v) is 12.1. The van der Waals surface area contributed by atoms with Crippen LogP contribution < -0.4 is 19.1 Å². The second-order valence-corrected chi connectivity index (χ2v) is 10.7. The summed E-state index contributed by atoms with van der Waals surface area (Å²) in [7, 11) is -1.74. The number of sulfonamides is 1. The van der Waals surface area contributed by atoms with Crippen molar-refractivity contribution in [3.05, 3.63) is 53.6 Å². The van der Waals surface area contributed by atoms with Crippen LogP contribution in [-0.4, -0.2) is 39.3 Å². The molecule has 4 rings (SSSR count). The lowest BCUT2D eigenvalue weighted by Crippen LogP contribution is -2.41. The summed E-state index contributed by atoms with van der Waals surface area (Å²) in [6, 6.07) is 12.1. The zero-order valence-corrected chi connectivity index (χ0v) is 18.9. The molecule has 1 atom stereocenters.